The molecule has 1 aromatic heterocycles. The minimum absolute atomic E-state index is 0.219. The first-order chi connectivity index (χ1) is 10.0. The second kappa shape index (κ2) is 6.11. The topological polar surface area (TPSA) is 36.4 Å². The van der Waals surface area contributed by atoms with Gasteiger partial charge in [-0.3, -0.25) is 0 Å². The molecule has 0 amide bonds. The summed E-state index contributed by atoms with van der Waals surface area (Å²) >= 11 is 9.75. The van der Waals surface area contributed by atoms with Gasteiger partial charge >= 0.3 is 0 Å². The quantitative estimate of drug-likeness (QED) is 0.860. The first kappa shape index (κ1) is 15.1. The van der Waals surface area contributed by atoms with E-state index >= 15 is 0 Å². The first-order valence-corrected chi connectivity index (χ1v) is 8.40. The van der Waals surface area contributed by atoms with Crippen LogP contribution < -0.4 is 4.90 Å². The molecular weight excluding hydrogens is 352 g/mol. The predicted octanol–water partition coefficient (Wildman–Crippen LogP) is 4.25. The third-order valence-corrected chi connectivity index (χ3v) is 4.99. The summed E-state index contributed by atoms with van der Waals surface area (Å²) in [7, 11) is 0. The van der Waals surface area contributed by atoms with Gasteiger partial charge in [0.25, 0.3) is 0 Å². The maximum absolute atomic E-state index is 9.68. The summed E-state index contributed by atoms with van der Waals surface area (Å²) in [5, 5.41) is 11.4. The molecule has 112 valence electrons. The Bertz CT molecular complexity index is 654. The smallest absolute Gasteiger partial charge is 0.129 e. The van der Waals surface area contributed by atoms with E-state index in [1.165, 1.54) is 0 Å². The second-order valence-corrected chi connectivity index (χ2v) is 7.02. The SMILES string of the molecule is CC(O)C1CCN(c2ccc3cc(Br)cc(Cl)c3n2)CC1. The highest BCUT2D eigenvalue weighted by atomic mass is 79.9. The number of fused-ring (bicyclic) bond motifs is 1. The Morgan fingerprint density at radius 1 is 1.33 bits per heavy atom. The lowest BCUT2D eigenvalue weighted by atomic mass is 9.92. The molecule has 0 spiro atoms. The van der Waals surface area contributed by atoms with Crippen molar-refractivity contribution in [3.8, 4) is 0 Å². The third kappa shape index (κ3) is 3.17. The van der Waals surface area contributed by atoms with Crippen LogP contribution in [0.15, 0.2) is 28.7 Å². The lowest BCUT2D eigenvalue weighted by Crippen LogP contribution is -2.37. The van der Waals surface area contributed by atoms with E-state index in [0.29, 0.717) is 10.9 Å². The summed E-state index contributed by atoms with van der Waals surface area (Å²) in [6.07, 6.45) is 1.79. The predicted molar refractivity (Wildman–Crippen MR) is 91.1 cm³/mol. The van der Waals surface area contributed by atoms with Crippen LogP contribution >= 0.6 is 27.5 Å². The fraction of sp³-hybridized carbons (Fsp3) is 0.438. The summed E-state index contributed by atoms with van der Waals surface area (Å²) in [5.41, 5.74) is 0.843. The van der Waals surface area contributed by atoms with Crippen LogP contribution in [0.1, 0.15) is 19.8 Å². The molecule has 2 heterocycles. The molecule has 0 aliphatic carbocycles. The van der Waals surface area contributed by atoms with Crippen molar-refractivity contribution in [2.24, 2.45) is 5.92 Å². The number of hydrogen-bond donors (Lipinski definition) is 1. The normalized spacial score (nSPS) is 18.2. The summed E-state index contributed by atoms with van der Waals surface area (Å²) < 4.78 is 0.965. The van der Waals surface area contributed by atoms with Crippen LogP contribution in [0.3, 0.4) is 0 Å². The fourth-order valence-corrected chi connectivity index (χ4v) is 3.81. The fourth-order valence-electron chi connectivity index (χ4n) is 2.93. The van der Waals surface area contributed by atoms with Gasteiger partial charge in [0.05, 0.1) is 16.6 Å². The summed E-state index contributed by atoms with van der Waals surface area (Å²) in [6.45, 7) is 3.75. The molecule has 0 radical (unpaired) electrons. The van der Waals surface area contributed by atoms with Crippen LogP contribution in [0.5, 0.6) is 0 Å². The van der Waals surface area contributed by atoms with Gasteiger partial charge in [0.2, 0.25) is 0 Å². The Balaban J connectivity index is 1.85. The largest absolute Gasteiger partial charge is 0.393 e. The number of benzene rings is 1. The number of aliphatic hydroxyl groups is 1. The maximum atomic E-state index is 9.68. The van der Waals surface area contributed by atoms with Crippen molar-refractivity contribution < 1.29 is 5.11 Å². The molecule has 3 nitrogen and oxygen atoms in total. The maximum Gasteiger partial charge on any atom is 0.129 e. The molecule has 1 aromatic carbocycles. The number of piperidine rings is 1. The highest BCUT2D eigenvalue weighted by Gasteiger charge is 2.23. The lowest BCUT2D eigenvalue weighted by molar-refractivity contribution is 0.110. The Labute approximate surface area is 138 Å². The van der Waals surface area contributed by atoms with Crippen molar-refractivity contribution in [1.29, 1.82) is 0 Å². The van der Waals surface area contributed by atoms with Gasteiger partial charge in [-0.05, 0) is 49.9 Å². The molecule has 2 aromatic rings. The van der Waals surface area contributed by atoms with E-state index in [1.54, 1.807) is 0 Å². The molecule has 3 rings (SSSR count). The van der Waals surface area contributed by atoms with Gasteiger partial charge in [-0.15, -0.1) is 0 Å². The zero-order valence-electron chi connectivity index (χ0n) is 11.9. The van der Waals surface area contributed by atoms with Crippen LogP contribution in [-0.2, 0) is 0 Å². The van der Waals surface area contributed by atoms with Crippen molar-refractivity contribution >= 4 is 44.3 Å². The van der Waals surface area contributed by atoms with Crippen molar-refractivity contribution in [1.82, 2.24) is 4.98 Å². The van der Waals surface area contributed by atoms with Gasteiger partial charge in [0.1, 0.15) is 5.82 Å². The van der Waals surface area contributed by atoms with E-state index in [1.807, 2.05) is 25.1 Å². The second-order valence-electron chi connectivity index (χ2n) is 5.69. The molecule has 1 N–H and O–H groups in total. The minimum Gasteiger partial charge on any atom is -0.393 e. The molecule has 1 atom stereocenters. The van der Waals surface area contributed by atoms with Crippen LogP contribution in [0.2, 0.25) is 5.02 Å². The highest BCUT2D eigenvalue weighted by Crippen LogP contribution is 2.30. The first-order valence-electron chi connectivity index (χ1n) is 7.23. The molecule has 1 unspecified atom stereocenters. The summed E-state index contributed by atoms with van der Waals surface area (Å²) in [6, 6.07) is 8.01. The van der Waals surface area contributed by atoms with E-state index in [4.69, 9.17) is 16.6 Å². The van der Waals surface area contributed by atoms with Crippen molar-refractivity contribution in [3.05, 3.63) is 33.8 Å². The molecular formula is C16H18BrClN2O. The highest BCUT2D eigenvalue weighted by molar-refractivity contribution is 9.10. The third-order valence-electron chi connectivity index (χ3n) is 4.24. The zero-order chi connectivity index (χ0) is 15.0. The number of halogens is 2. The zero-order valence-corrected chi connectivity index (χ0v) is 14.2. The average molecular weight is 370 g/mol. The van der Waals surface area contributed by atoms with Gasteiger partial charge in [0, 0.05) is 22.9 Å². The Morgan fingerprint density at radius 3 is 2.71 bits per heavy atom. The van der Waals surface area contributed by atoms with E-state index < -0.39 is 0 Å². The van der Waals surface area contributed by atoms with Gasteiger partial charge in [0.15, 0.2) is 0 Å². The molecule has 1 aliphatic heterocycles. The number of aromatic nitrogens is 1. The summed E-state index contributed by atoms with van der Waals surface area (Å²) in [5.74, 6) is 1.37. The Hall–Kier alpha value is -0.840. The van der Waals surface area contributed by atoms with Gasteiger partial charge in [-0.25, -0.2) is 4.98 Å². The molecule has 1 fully saturated rings. The minimum atomic E-state index is -0.219. The number of pyridine rings is 1. The van der Waals surface area contributed by atoms with Crippen molar-refractivity contribution in [2.45, 2.75) is 25.9 Å². The monoisotopic (exact) mass is 368 g/mol. The van der Waals surface area contributed by atoms with Gasteiger partial charge in [-0.1, -0.05) is 27.5 Å². The van der Waals surface area contributed by atoms with Crippen LogP contribution in [0.4, 0.5) is 5.82 Å². The summed E-state index contributed by atoms with van der Waals surface area (Å²) in [4.78, 5) is 6.99. The molecule has 1 saturated heterocycles. The Morgan fingerprint density at radius 2 is 2.05 bits per heavy atom. The van der Waals surface area contributed by atoms with E-state index in [9.17, 15) is 5.11 Å². The van der Waals surface area contributed by atoms with E-state index in [0.717, 1.165) is 47.1 Å². The number of rotatable bonds is 2. The average Bonchev–Trinajstić information content (AvgIpc) is 2.47. The van der Waals surface area contributed by atoms with Crippen LogP contribution in [-0.4, -0.2) is 29.3 Å². The van der Waals surface area contributed by atoms with Gasteiger partial charge < -0.3 is 10.0 Å². The molecule has 5 heteroatoms. The van der Waals surface area contributed by atoms with Crippen LogP contribution in [0.25, 0.3) is 10.9 Å². The number of aliphatic hydroxyl groups excluding tert-OH is 1. The van der Waals surface area contributed by atoms with Crippen molar-refractivity contribution in [2.75, 3.05) is 18.0 Å². The standard InChI is InChI=1S/C16H18BrClN2O/c1-10(21)11-4-6-20(7-5-11)15-3-2-12-8-13(17)9-14(18)16(12)19-15/h2-3,8-11,21H,4-7H2,1H3. The number of nitrogens with zero attached hydrogens (tertiary/aromatic N) is 2. The molecule has 0 bridgehead atoms. The molecule has 21 heavy (non-hydrogen) atoms. The van der Waals surface area contributed by atoms with Gasteiger partial charge in [-0.2, -0.15) is 0 Å². The lowest BCUT2D eigenvalue weighted by Gasteiger charge is -2.34. The van der Waals surface area contributed by atoms with E-state index in [2.05, 4.69) is 26.9 Å². The Kier molecular flexibility index (Phi) is 4.38. The molecule has 1 aliphatic rings. The van der Waals surface area contributed by atoms with E-state index in [-0.39, 0.29) is 6.10 Å². The van der Waals surface area contributed by atoms with Crippen molar-refractivity contribution in [3.63, 3.8) is 0 Å². The number of anilines is 1. The number of hydrogen-bond acceptors (Lipinski definition) is 3. The molecule has 0 saturated carbocycles. The van der Waals surface area contributed by atoms with Crippen LogP contribution in [0, 0.1) is 5.92 Å².